The van der Waals surface area contributed by atoms with Crippen molar-refractivity contribution in [3.63, 3.8) is 0 Å². The fraction of sp³-hybridized carbons (Fsp3) is 0.261. The largest absolute Gasteiger partial charge is 0.490 e. The zero-order valence-corrected chi connectivity index (χ0v) is 17.5. The zero-order chi connectivity index (χ0) is 21.5. The molecule has 0 aliphatic carbocycles. The van der Waals surface area contributed by atoms with E-state index in [1.807, 2.05) is 44.2 Å². The Bertz CT molecular complexity index is 1050. The van der Waals surface area contributed by atoms with Crippen LogP contribution in [0.4, 0.5) is 11.4 Å². The predicted molar refractivity (Wildman–Crippen MR) is 118 cm³/mol. The lowest BCUT2D eigenvalue weighted by Gasteiger charge is -2.16. The average Bonchev–Trinajstić information content (AvgIpc) is 2.78. The van der Waals surface area contributed by atoms with Crippen molar-refractivity contribution in [2.24, 2.45) is 0 Å². The van der Waals surface area contributed by atoms with E-state index in [9.17, 15) is 9.59 Å². The molecule has 1 amide bonds. The average molecular weight is 406 g/mol. The van der Waals surface area contributed by atoms with Crippen molar-refractivity contribution in [1.82, 2.24) is 14.7 Å². The molecule has 0 bridgehead atoms. The van der Waals surface area contributed by atoms with Crippen LogP contribution < -0.4 is 15.6 Å². The van der Waals surface area contributed by atoms with Gasteiger partial charge in [-0.3, -0.25) is 9.59 Å². The van der Waals surface area contributed by atoms with E-state index < -0.39 is 0 Å². The van der Waals surface area contributed by atoms with Gasteiger partial charge in [0.1, 0.15) is 0 Å². The molecule has 156 valence electrons. The number of hydrogen-bond acceptors (Lipinski definition) is 5. The monoisotopic (exact) mass is 406 g/mol. The van der Waals surface area contributed by atoms with E-state index in [1.54, 1.807) is 42.4 Å². The fourth-order valence-corrected chi connectivity index (χ4v) is 2.93. The summed E-state index contributed by atoms with van der Waals surface area (Å²) in [5.41, 5.74) is 2.28. The molecular formula is C23H26N4O3. The maximum Gasteiger partial charge on any atom is 0.294 e. The van der Waals surface area contributed by atoms with Gasteiger partial charge in [0.15, 0.2) is 11.4 Å². The number of carbonyl (C=O) groups is 1. The lowest BCUT2D eigenvalue weighted by molar-refractivity contribution is 0.0802. The van der Waals surface area contributed by atoms with Gasteiger partial charge in [0, 0.05) is 24.8 Å². The van der Waals surface area contributed by atoms with E-state index in [2.05, 4.69) is 10.4 Å². The summed E-state index contributed by atoms with van der Waals surface area (Å²) in [5, 5.41) is 7.39. The van der Waals surface area contributed by atoms with Crippen LogP contribution in [0, 0.1) is 0 Å². The summed E-state index contributed by atoms with van der Waals surface area (Å²) in [7, 11) is 1.76. The van der Waals surface area contributed by atoms with E-state index in [-0.39, 0.29) is 11.5 Å². The Labute approximate surface area is 175 Å². The van der Waals surface area contributed by atoms with Crippen LogP contribution in [0.5, 0.6) is 5.75 Å². The minimum Gasteiger partial charge on any atom is -0.490 e. The molecule has 0 saturated heterocycles. The van der Waals surface area contributed by atoms with Crippen molar-refractivity contribution >= 4 is 17.3 Å². The van der Waals surface area contributed by atoms with E-state index in [4.69, 9.17) is 4.74 Å². The van der Waals surface area contributed by atoms with Crippen LogP contribution >= 0.6 is 0 Å². The predicted octanol–water partition coefficient (Wildman–Crippen LogP) is 3.53. The zero-order valence-electron chi connectivity index (χ0n) is 17.5. The number of hydrogen-bond donors (Lipinski definition) is 1. The topological polar surface area (TPSA) is 76.5 Å². The van der Waals surface area contributed by atoms with Gasteiger partial charge in [-0.25, -0.2) is 4.68 Å². The molecule has 30 heavy (non-hydrogen) atoms. The highest BCUT2D eigenvalue weighted by molar-refractivity contribution is 5.94. The maximum atomic E-state index is 13.1. The second kappa shape index (κ2) is 9.73. The molecule has 0 spiro atoms. The van der Waals surface area contributed by atoms with Crippen LogP contribution in [0.25, 0.3) is 0 Å². The van der Waals surface area contributed by atoms with Gasteiger partial charge in [0.2, 0.25) is 0 Å². The van der Waals surface area contributed by atoms with Crippen molar-refractivity contribution in [3.8, 4) is 5.75 Å². The number of anilines is 2. The van der Waals surface area contributed by atoms with Gasteiger partial charge >= 0.3 is 0 Å². The van der Waals surface area contributed by atoms with Crippen molar-refractivity contribution < 1.29 is 9.53 Å². The van der Waals surface area contributed by atoms with E-state index in [0.29, 0.717) is 42.4 Å². The molecule has 7 nitrogen and oxygen atoms in total. The molecule has 2 aromatic carbocycles. The summed E-state index contributed by atoms with van der Waals surface area (Å²) in [4.78, 5) is 27.0. The lowest BCUT2D eigenvalue weighted by atomic mass is 10.2. The fourth-order valence-electron chi connectivity index (χ4n) is 2.93. The molecule has 0 aliphatic rings. The molecule has 0 saturated carbocycles. The van der Waals surface area contributed by atoms with E-state index in [1.165, 1.54) is 4.68 Å². The van der Waals surface area contributed by atoms with Crippen LogP contribution in [-0.4, -0.2) is 40.8 Å². The molecule has 0 atom stereocenters. The van der Waals surface area contributed by atoms with Crippen molar-refractivity contribution in [2.45, 2.75) is 20.4 Å². The smallest absolute Gasteiger partial charge is 0.294 e. The SMILES string of the molecule is CCOc1cnn(Cc2ccccc2)c(=O)c1Nc1ccc(C(=O)N(C)CC)cc1. The minimum absolute atomic E-state index is 0.0480. The number of carbonyl (C=O) groups excluding carboxylic acids is 1. The van der Waals surface area contributed by atoms with Crippen LogP contribution in [0.2, 0.25) is 0 Å². The standard InChI is InChI=1S/C23H26N4O3/c1-4-26(3)22(28)18-11-13-19(14-12-18)25-21-20(30-5-2)15-24-27(23(21)29)16-17-9-7-6-8-10-17/h6-15,25H,4-5,16H2,1-3H3. The van der Waals surface area contributed by atoms with Gasteiger partial charge < -0.3 is 15.0 Å². The normalized spacial score (nSPS) is 10.5. The first-order valence-electron chi connectivity index (χ1n) is 9.92. The lowest BCUT2D eigenvalue weighted by Crippen LogP contribution is -2.26. The molecule has 1 aromatic heterocycles. The number of nitrogens with zero attached hydrogens (tertiary/aromatic N) is 3. The molecule has 7 heteroatoms. The van der Waals surface area contributed by atoms with E-state index >= 15 is 0 Å². The number of nitrogens with one attached hydrogen (secondary N) is 1. The third-order valence-electron chi connectivity index (χ3n) is 4.71. The Hall–Kier alpha value is -3.61. The van der Waals surface area contributed by atoms with Crippen molar-refractivity contribution in [2.75, 3.05) is 25.5 Å². The van der Waals surface area contributed by atoms with Crippen LogP contribution in [0.3, 0.4) is 0 Å². The molecule has 0 radical (unpaired) electrons. The highest BCUT2D eigenvalue weighted by Crippen LogP contribution is 2.24. The molecule has 0 fully saturated rings. The van der Waals surface area contributed by atoms with Gasteiger partial charge in [0.25, 0.3) is 11.5 Å². The first-order valence-corrected chi connectivity index (χ1v) is 9.92. The summed E-state index contributed by atoms with van der Waals surface area (Å²) in [6, 6.07) is 16.7. The van der Waals surface area contributed by atoms with Crippen LogP contribution in [0.15, 0.2) is 65.6 Å². The number of rotatable bonds is 8. The number of benzene rings is 2. The molecule has 1 N–H and O–H groups in total. The Kier molecular flexibility index (Phi) is 6.85. The minimum atomic E-state index is -0.282. The Balaban J connectivity index is 1.89. The van der Waals surface area contributed by atoms with Crippen molar-refractivity contribution in [1.29, 1.82) is 0 Å². The first kappa shape index (κ1) is 21.1. The summed E-state index contributed by atoms with van der Waals surface area (Å²) in [6.45, 7) is 5.18. The maximum absolute atomic E-state index is 13.1. The molecule has 3 rings (SSSR count). The summed E-state index contributed by atoms with van der Waals surface area (Å²) in [5.74, 6) is 0.339. The van der Waals surface area contributed by atoms with Gasteiger partial charge in [-0.15, -0.1) is 0 Å². The summed E-state index contributed by atoms with van der Waals surface area (Å²) < 4.78 is 7.00. The van der Waals surface area contributed by atoms with E-state index in [0.717, 1.165) is 5.56 Å². The molecule has 1 heterocycles. The molecule has 0 aliphatic heterocycles. The highest BCUT2D eigenvalue weighted by Gasteiger charge is 2.14. The quantitative estimate of drug-likeness (QED) is 0.619. The van der Waals surface area contributed by atoms with Gasteiger partial charge in [-0.1, -0.05) is 30.3 Å². The molecule has 0 unspecified atom stereocenters. The summed E-state index contributed by atoms with van der Waals surface area (Å²) >= 11 is 0. The van der Waals surface area contributed by atoms with Crippen LogP contribution in [-0.2, 0) is 6.54 Å². The highest BCUT2D eigenvalue weighted by atomic mass is 16.5. The second-order valence-corrected chi connectivity index (χ2v) is 6.79. The summed E-state index contributed by atoms with van der Waals surface area (Å²) in [6.07, 6.45) is 1.55. The molecule has 3 aromatic rings. The van der Waals surface area contributed by atoms with Crippen molar-refractivity contribution in [3.05, 3.63) is 82.3 Å². The van der Waals surface area contributed by atoms with Gasteiger partial charge in [-0.2, -0.15) is 5.10 Å². The number of ether oxygens (including phenoxy) is 1. The third-order valence-corrected chi connectivity index (χ3v) is 4.71. The Morgan fingerprint density at radius 3 is 2.43 bits per heavy atom. The molecular weight excluding hydrogens is 380 g/mol. The number of amides is 1. The first-order chi connectivity index (χ1) is 14.5. The van der Waals surface area contributed by atoms with Gasteiger partial charge in [-0.05, 0) is 43.7 Å². The Morgan fingerprint density at radius 2 is 1.80 bits per heavy atom. The van der Waals surface area contributed by atoms with Gasteiger partial charge in [0.05, 0.1) is 19.3 Å². The second-order valence-electron chi connectivity index (χ2n) is 6.79. The Morgan fingerprint density at radius 1 is 1.10 bits per heavy atom. The van der Waals surface area contributed by atoms with Crippen LogP contribution in [0.1, 0.15) is 29.8 Å². The number of aromatic nitrogens is 2. The third kappa shape index (κ3) is 4.86.